The molecule has 0 saturated carbocycles. The standard InChI is InChI=1S/C30H25N3O6/c34-28(31-15-17-6-5-13-39-17)22-12-11-16(33(37)38)14-23(22)32-29(35)26-24-18-7-1-2-8-19(18)25(27(26)30(32)36)21-10-4-3-9-20(21)24/h1-4,7-12,14,17,24-27H,5-6,13,15H2,(H,31,34)/t17-,24?,25?,26-,27+/m0/s1. The van der Waals surface area contributed by atoms with Crippen LogP contribution in [0.2, 0.25) is 0 Å². The normalized spacial score (nSPS) is 26.3. The number of anilines is 1. The van der Waals surface area contributed by atoms with Crippen LogP contribution in [0.3, 0.4) is 0 Å². The van der Waals surface area contributed by atoms with Gasteiger partial charge < -0.3 is 10.1 Å². The number of carbonyl (C=O) groups is 3. The quantitative estimate of drug-likeness (QED) is 0.308. The van der Waals surface area contributed by atoms with Crippen LogP contribution in [0.15, 0.2) is 66.7 Å². The van der Waals surface area contributed by atoms with Gasteiger partial charge in [-0.1, -0.05) is 48.5 Å². The summed E-state index contributed by atoms with van der Waals surface area (Å²) in [6.45, 7) is 0.910. The molecule has 2 fully saturated rings. The van der Waals surface area contributed by atoms with Crippen molar-refractivity contribution in [3.63, 3.8) is 0 Å². The number of nitrogens with one attached hydrogen (secondary N) is 1. The molecule has 2 saturated heterocycles. The first-order valence-corrected chi connectivity index (χ1v) is 13.2. The molecule has 196 valence electrons. The molecule has 0 unspecified atom stereocenters. The van der Waals surface area contributed by atoms with Gasteiger partial charge in [-0.05, 0) is 41.2 Å². The molecule has 39 heavy (non-hydrogen) atoms. The number of hydrogen-bond donors (Lipinski definition) is 1. The van der Waals surface area contributed by atoms with Gasteiger partial charge in [-0.2, -0.15) is 0 Å². The van der Waals surface area contributed by atoms with Crippen LogP contribution in [-0.2, 0) is 14.3 Å². The van der Waals surface area contributed by atoms with E-state index < -0.39 is 34.5 Å². The highest BCUT2D eigenvalue weighted by molar-refractivity contribution is 6.25. The van der Waals surface area contributed by atoms with Gasteiger partial charge in [0.2, 0.25) is 11.8 Å². The van der Waals surface area contributed by atoms with Crippen molar-refractivity contribution in [3.8, 4) is 0 Å². The van der Waals surface area contributed by atoms with Crippen LogP contribution in [0.5, 0.6) is 0 Å². The van der Waals surface area contributed by atoms with E-state index in [1.807, 2.05) is 48.5 Å². The Balaban J connectivity index is 1.32. The van der Waals surface area contributed by atoms with E-state index in [9.17, 15) is 24.5 Å². The fourth-order valence-corrected chi connectivity index (χ4v) is 7.03. The lowest BCUT2D eigenvalue weighted by atomic mass is 9.55. The van der Waals surface area contributed by atoms with Crippen LogP contribution in [0.4, 0.5) is 11.4 Å². The minimum absolute atomic E-state index is 0.0429. The van der Waals surface area contributed by atoms with Gasteiger partial charge in [0.15, 0.2) is 0 Å². The summed E-state index contributed by atoms with van der Waals surface area (Å²) in [4.78, 5) is 53.7. The van der Waals surface area contributed by atoms with Crippen molar-refractivity contribution < 1.29 is 24.0 Å². The Morgan fingerprint density at radius 1 is 0.923 bits per heavy atom. The van der Waals surface area contributed by atoms with Crippen molar-refractivity contribution in [1.82, 2.24) is 5.32 Å². The second-order valence-electron chi connectivity index (χ2n) is 10.6. The zero-order chi connectivity index (χ0) is 26.8. The van der Waals surface area contributed by atoms with Gasteiger partial charge in [-0.3, -0.25) is 24.5 Å². The summed E-state index contributed by atoms with van der Waals surface area (Å²) in [5.41, 5.74) is 3.80. The van der Waals surface area contributed by atoms with Crippen molar-refractivity contribution in [1.29, 1.82) is 0 Å². The number of amides is 3. The topological polar surface area (TPSA) is 119 Å². The fourth-order valence-electron chi connectivity index (χ4n) is 7.03. The van der Waals surface area contributed by atoms with E-state index >= 15 is 0 Å². The summed E-state index contributed by atoms with van der Waals surface area (Å²) >= 11 is 0. The van der Waals surface area contributed by atoms with E-state index in [1.165, 1.54) is 12.1 Å². The monoisotopic (exact) mass is 523 g/mol. The molecule has 3 amide bonds. The summed E-state index contributed by atoms with van der Waals surface area (Å²) in [6, 6.07) is 19.5. The average Bonchev–Trinajstić information content (AvgIpc) is 3.57. The lowest BCUT2D eigenvalue weighted by Gasteiger charge is -2.45. The van der Waals surface area contributed by atoms with Gasteiger partial charge in [0.25, 0.3) is 11.6 Å². The average molecular weight is 524 g/mol. The smallest absolute Gasteiger partial charge is 0.271 e. The minimum Gasteiger partial charge on any atom is -0.376 e. The first-order chi connectivity index (χ1) is 19.0. The van der Waals surface area contributed by atoms with Gasteiger partial charge in [0, 0.05) is 37.1 Å². The Kier molecular flexibility index (Phi) is 5.38. The molecule has 8 rings (SSSR count). The van der Waals surface area contributed by atoms with E-state index in [0.717, 1.165) is 46.1 Å². The third-order valence-electron chi connectivity index (χ3n) is 8.64. The number of rotatable bonds is 5. The third kappa shape index (κ3) is 3.46. The number of ether oxygens (including phenoxy) is 1. The maximum Gasteiger partial charge on any atom is 0.271 e. The second kappa shape index (κ2) is 8.84. The molecule has 0 spiro atoms. The summed E-state index contributed by atoms with van der Waals surface area (Å²) in [7, 11) is 0. The van der Waals surface area contributed by atoms with Gasteiger partial charge in [-0.15, -0.1) is 0 Å². The SMILES string of the molecule is O=C(NC[C@@H]1CCCO1)c1ccc([N+](=O)[O-])cc1N1C(=O)[C@@H]2C3c4ccccc4C(c4ccccc43)[C@@H]2C1=O. The fraction of sp³-hybridized carbons (Fsp3) is 0.300. The molecule has 9 nitrogen and oxygen atoms in total. The summed E-state index contributed by atoms with van der Waals surface area (Å²) in [5.74, 6) is -3.33. The molecule has 2 bridgehead atoms. The molecule has 0 aromatic heterocycles. The molecule has 9 heteroatoms. The van der Waals surface area contributed by atoms with Crippen LogP contribution >= 0.6 is 0 Å². The van der Waals surface area contributed by atoms with Crippen LogP contribution in [0.1, 0.15) is 57.3 Å². The predicted molar refractivity (Wildman–Crippen MR) is 140 cm³/mol. The number of nitrogens with zero attached hydrogens (tertiary/aromatic N) is 2. The Morgan fingerprint density at radius 3 is 1.97 bits per heavy atom. The number of carbonyl (C=O) groups excluding carboxylic acids is 3. The molecule has 1 N–H and O–H groups in total. The van der Waals surface area contributed by atoms with Gasteiger partial charge >= 0.3 is 0 Å². The Bertz CT molecular complexity index is 1450. The molecule has 2 heterocycles. The first-order valence-electron chi connectivity index (χ1n) is 13.2. The Hall–Kier alpha value is -4.37. The highest BCUT2D eigenvalue weighted by Crippen LogP contribution is 2.61. The van der Waals surface area contributed by atoms with Crippen molar-refractivity contribution in [2.75, 3.05) is 18.1 Å². The van der Waals surface area contributed by atoms with Crippen molar-refractivity contribution in [2.24, 2.45) is 11.8 Å². The van der Waals surface area contributed by atoms with Crippen LogP contribution in [-0.4, -0.2) is 41.9 Å². The molecule has 3 aliphatic carbocycles. The molecular formula is C30H25N3O6. The third-order valence-corrected chi connectivity index (χ3v) is 8.64. The number of imide groups is 1. The van der Waals surface area contributed by atoms with E-state index in [2.05, 4.69) is 5.32 Å². The summed E-state index contributed by atoms with van der Waals surface area (Å²) in [6.07, 6.45) is 1.63. The van der Waals surface area contributed by atoms with Crippen molar-refractivity contribution in [3.05, 3.63) is 105 Å². The summed E-state index contributed by atoms with van der Waals surface area (Å²) in [5, 5.41) is 14.5. The van der Waals surface area contributed by atoms with Gasteiger partial charge in [0.05, 0.1) is 34.1 Å². The largest absolute Gasteiger partial charge is 0.376 e. The van der Waals surface area contributed by atoms with Crippen LogP contribution in [0.25, 0.3) is 0 Å². The van der Waals surface area contributed by atoms with Crippen molar-refractivity contribution >= 4 is 29.1 Å². The Labute approximate surface area is 223 Å². The lowest BCUT2D eigenvalue weighted by molar-refractivity contribution is -0.384. The molecule has 3 aromatic carbocycles. The molecule has 5 aliphatic rings. The number of nitro benzene ring substituents is 1. The highest BCUT2D eigenvalue weighted by atomic mass is 16.6. The maximum atomic E-state index is 14.2. The molecule has 2 aliphatic heterocycles. The molecule has 0 radical (unpaired) electrons. The van der Waals surface area contributed by atoms with Crippen LogP contribution in [0, 0.1) is 22.0 Å². The van der Waals surface area contributed by atoms with E-state index in [-0.39, 0.29) is 41.4 Å². The first kappa shape index (κ1) is 23.7. The number of hydrogen-bond acceptors (Lipinski definition) is 6. The zero-order valence-electron chi connectivity index (χ0n) is 20.9. The van der Waals surface area contributed by atoms with E-state index in [4.69, 9.17) is 4.74 Å². The highest BCUT2D eigenvalue weighted by Gasteiger charge is 2.62. The predicted octanol–water partition coefficient (Wildman–Crippen LogP) is 3.90. The van der Waals surface area contributed by atoms with E-state index in [1.54, 1.807) is 0 Å². The van der Waals surface area contributed by atoms with Crippen molar-refractivity contribution in [2.45, 2.75) is 30.8 Å². The summed E-state index contributed by atoms with van der Waals surface area (Å²) < 4.78 is 5.59. The second-order valence-corrected chi connectivity index (χ2v) is 10.6. The maximum absolute atomic E-state index is 14.2. The molecule has 3 atom stereocenters. The number of nitro groups is 1. The van der Waals surface area contributed by atoms with E-state index in [0.29, 0.717) is 6.61 Å². The van der Waals surface area contributed by atoms with Gasteiger partial charge in [0.1, 0.15) is 0 Å². The molecule has 3 aromatic rings. The molecular weight excluding hydrogens is 498 g/mol. The minimum atomic E-state index is -0.658. The van der Waals surface area contributed by atoms with Gasteiger partial charge in [-0.25, -0.2) is 4.90 Å². The Morgan fingerprint density at radius 2 is 1.49 bits per heavy atom. The lowest BCUT2D eigenvalue weighted by Crippen LogP contribution is -2.41. The number of non-ortho nitro benzene ring substituents is 1. The number of benzene rings is 3. The van der Waals surface area contributed by atoms with Crippen LogP contribution < -0.4 is 10.2 Å². The zero-order valence-corrected chi connectivity index (χ0v) is 20.9.